The van der Waals surface area contributed by atoms with Crippen LogP contribution in [0.2, 0.25) is 4.34 Å². The molecule has 0 atom stereocenters. The van der Waals surface area contributed by atoms with E-state index in [9.17, 15) is 18.0 Å². The molecular weight excluding hydrogens is 379 g/mol. The highest BCUT2D eigenvalue weighted by Gasteiger charge is 2.28. The second-order valence-electron chi connectivity index (χ2n) is 5.13. The standard InChI is InChI=1S/C15H15ClF3N3O2S/c1-22(8-11-2-3-12(16)25-11)14(23)21-7-10-4-5-20-13(6-10)24-9-15(17,18)19/h2-6H,7-9H2,1H3,(H,21,23). The third-order valence-corrected chi connectivity index (χ3v) is 4.21. The highest BCUT2D eigenvalue weighted by Crippen LogP contribution is 2.22. The van der Waals surface area contributed by atoms with Crippen LogP contribution in [-0.2, 0) is 13.1 Å². The average Bonchev–Trinajstić information content (AvgIpc) is 2.95. The van der Waals surface area contributed by atoms with Crippen LogP contribution in [0.5, 0.6) is 5.88 Å². The Morgan fingerprint density at radius 1 is 1.40 bits per heavy atom. The molecule has 2 heterocycles. The molecule has 2 aromatic rings. The summed E-state index contributed by atoms with van der Waals surface area (Å²) in [6.07, 6.45) is -3.11. The van der Waals surface area contributed by atoms with E-state index in [0.29, 0.717) is 16.4 Å². The van der Waals surface area contributed by atoms with Crippen molar-refractivity contribution >= 4 is 29.0 Å². The number of hydrogen-bond donors (Lipinski definition) is 1. The first kappa shape index (κ1) is 19.3. The van der Waals surface area contributed by atoms with Crippen LogP contribution in [0.3, 0.4) is 0 Å². The molecule has 0 spiro atoms. The van der Waals surface area contributed by atoms with Gasteiger partial charge in [-0.1, -0.05) is 11.6 Å². The van der Waals surface area contributed by atoms with Crippen LogP contribution in [0, 0.1) is 0 Å². The largest absolute Gasteiger partial charge is 0.468 e. The molecule has 2 amide bonds. The second kappa shape index (κ2) is 8.39. The molecule has 0 saturated heterocycles. The number of urea groups is 1. The van der Waals surface area contributed by atoms with E-state index in [1.54, 1.807) is 19.2 Å². The van der Waals surface area contributed by atoms with E-state index in [4.69, 9.17) is 11.6 Å². The Bertz CT molecular complexity index is 724. The summed E-state index contributed by atoms with van der Waals surface area (Å²) in [6.45, 7) is -0.874. The Morgan fingerprint density at radius 2 is 2.16 bits per heavy atom. The zero-order valence-electron chi connectivity index (χ0n) is 13.1. The molecule has 1 N–H and O–H groups in total. The molecule has 0 aliphatic carbocycles. The van der Waals surface area contributed by atoms with Crippen LogP contribution in [0.25, 0.3) is 0 Å². The van der Waals surface area contributed by atoms with Crippen molar-refractivity contribution in [1.82, 2.24) is 15.2 Å². The van der Waals surface area contributed by atoms with Crippen molar-refractivity contribution in [3.8, 4) is 5.88 Å². The quantitative estimate of drug-likeness (QED) is 0.804. The number of halogens is 4. The van der Waals surface area contributed by atoms with Crippen molar-refractivity contribution < 1.29 is 22.7 Å². The zero-order chi connectivity index (χ0) is 18.4. The van der Waals surface area contributed by atoms with Gasteiger partial charge in [-0.05, 0) is 23.8 Å². The summed E-state index contributed by atoms with van der Waals surface area (Å²) in [4.78, 5) is 18.2. The minimum Gasteiger partial charge on any atom is -0.468 e. The lowest BCUT2D eigenvalue weighted by atomic mass is 10.2. The molecular formula is C15H15ClF3N3O2S. The number of alkyl halides is 3. The van der Waals surface area contributed by atoms with Crippen LogP contribution in [0.15, 0.2) is 30.5 Å². The molecule has 0 unspecified atom stereocenters. The molecule has 136 valence electrons. The summed E-state index contributed by atoms with van der Waals surface area (Å²) in [5.41, 5.74) is 0.577. The van der Waals surface area contributed by atoms with Gasteiger partial charge in [0, 0.05) is 30.7 Å². The molecule has 0 aromatic carbocycles. The summed E-state index contributed by atoms with van der Waals surface area (Å²) in [7, 11) is 1.63. The van der Waals surface area contributed by atoms with Gasteiger partial charge in [-0.2, -0.15) is 13.2 Å². The van der Waals surface area contributed by atoms with Crippen LogP contribution >= 0.6 is 22.9 Å². The fourth-order valence-electron chi connectivity index (χ4n) is 1.85. The number of nitrogens with zero attached hydrogens (tertiary/aromatic N) is 2. The predicted molar refractivity (Wildman–Crippen MR) is 88.8 cm³/mol. The third-order valence-electron chi connectivity index (χ3n) is 3.00. The number of thiophene rings is 1. The van der Waals surface area contributed by atoms with Crippen molar-refractivity contribution in [3.05, 3.63) is 45.2 Å². The maximum Gasteiger partial charge on any atom is 0.422 e. The number of carbonyl (C=O) groups is 1. The Kier molecular flexibility index (Phi) is 6.49. The summed E-state index contributed by atoms with van der Waals surface area (Å²) in [6, 6.07) is 6.21. The number of ether oxygens (including phenoxy) is 1. The molecule has 0 bridgehead atoms. The van der Waals surface area contributed by atoms with Gasteiger partial charge >= 0.3 is 12.2 Å². The predicted octanol–water partition coefficient (Wildman–Crippen LogP) is 4.08. The smallest absolute Gasteiger partial charge is 0.422 e. The fourth-order valence-corrected chi connectivity index (χ4v) is 2.99. The summed E-state index contributed by atoms with van der Waals surface area (Å²) >= 11 is 7.23. The number of pyridine rings is 1. The third kappa shape index (κ3) is 6.79. The molecule has 10 heteroatoms. The first-order valence-corrected chi connectivity index (χ1v) is 8.30. The number of rotatable bonds is 6. The molecule has 0 saturated carbocycles. The summed E-state index contributed by atoms with van der Waals surface area (Å²) in [5, 5.41) is 2.68. The summed E-state index contributed by atoms with van der Waals surface area (Å²) < 4.78 is 41.6. The van der Waals surface area contributed by atoms with Gasteiger partial charge < -0.3 is 15.0 Å². The van der Waals surface area contributed by atoms with Gasteiger partial charge in [0.05, 0.1) is 10.9 Å². The van der Waals surface area contributed by atoms with E-state index in [2.05, 4.69) is 15.0 Å². The van der Waals surface area contributed by atoms with E-state index in [0.717, 1.165) is 4.88 Å². The van der Waals surface area contributed by atoms with Crippen molar-refractivity contribution in [1.29, 1.82) is 0 Å². The molecule has 0 aliphatic rings. The maximum atomic E-state index is 12.1. The van der Waals surface area contributed by atoms with Crippen molar-refractivity contribution in [3.63, 3.8) is 0 Å². The lowest BCUT2D eigenvalue weighted by Gasteiger charge is -2.17. The summed E-state index contributed by atoms with van der Waals surface area (Å²) in [5.74, 6) is -0.148. The molecule has 0 radical (unpaired) electrons. The van der Waals surface area contributed by atoms with Crippen molar-refractivity contribution in [2.75, 3.05) is 13.7 Å². The number of carbonyl (C=O) groups excluding carboxylic acids is 1. The first-order valence-electron chi connectivity index (χ1n) is 7.10. The van der Waals surface area contributed by atoms with Gasteiger partial charge in [-0.25, -0.2) is 9.78 Å². The number of aromatic nitrogens is 1. The molecule has 0 fully saturated rings. The maximum absolute atomic E-state index is 12.1. The average molecular weight is 394 g/mol. The number of amides is 2. The Morgan fingerprint density at radius 3 is 2.80 bits per heavy atom. The molecule has 25 heavy (non-hydrogen) atoms. The normalized spacial score (nSPS) is 11.2. The highest BCUT2D eigenvalue weighted by molar-refractivity contribution is 7.16. The van der Waals surface area contributed by atoms with Crippen molar-refractivity contribution in [2.24, 2.45) is 0 Å². The molecule has 2 rings (SSSR count). The highest BCUT2D eigenvalue weighted by atomic mass is 35.5. The fraction of sp³-hybridized carbons (Fsp3) is 0.333. The lowest BCUT2D eigenvalue weighted by Crippen LogP contribution is -2.36. The minimum atomic E-state index is -4.43. The molecule has 2 aromatic heterocycles. The van der Waals surface area contributed by atoms with E-state index < -0.39 is 12.8 Å². The van der Waals surface area contributed by atoms with Gasteiger partial charge in [0.25, 0.3) is 0 Å². The molecule has 5 nitrogen and oxygen atoms in total. The van der Waals surface area contributed by atoms with Gasteiger partial charge in [0.2, 0.25) is 5.88 Å². The Labute approximate surface area is 151 Å². The van der Waals surface area contributed by atoms with E-state index in [-0.39, 0.29) is 18.5 Å². The van der Waals surface area contributed by atoms with Gasteiger partial charge in [0.15, 0.2) is 6.61 Å². The van der Waals surface area contributed by atoms with Crippen molar-refractivity contribution in [2.45, 2.75) is 19.3 Å². The van der Waals surface area contributed by atoms with Crippen LogP contribution in [0.1, 0.15) is 10.4 Å². The topological polar surface area (TPSA) is 54.5 Å². The van der Waals surface area contributed by atoms with Gasteiger partial charge in [-0.15, -0.1) is 11.3 Å². The molecule has 0 aliphatic heterocycles. The van der Waals surface area contributed by atoms with Crippen LogP contribution < -0.4 is 10.1 Å². The Hall–Kier alpha value is -2.00. The van der Waals surface area contributed by atoms with Gasteiger partial charge in [0.1, 0.15) is 0 Å². The number of hydrogen-bond acceptors (Lipinski definition) is 4. The first-order chi connectivity index (χ1) is 11.7. The minimum absolute atomic E-state index is 0.138. The van der Waals surface area contributed by atoms with E-state index >= 15 is 0 Å². The zero-order valence-corrected chi connectivity index (χ0v) is 14.7. The Balaban J connectivity index is 1.84. The van der Waals surface area contributed by atoms with E-state index in [1.807, 2.05) is 6.07 Å². The van der Waals surface area contributed by atoms with Crippen LogP contribution in [0.4, 0.5) is 18.0 Å². The SMILES string of the molecule is CN(Cc1ccc(Cl)s1)C(=O)NCc1ccnc(OCC(F)(F)F)c1. The van der Waals surface area contributed by atoms with Gasteiger partial charge in [-0.3, -0.25) is 0 Å². The van der Waals surface area contributed by atoms with Crippen LogP contribution in [-0.4, -0.2) is 35.7 Å². The monoisotopic (exact) mass is 393 g/mol. The van der Waals surface area contributed by atoms with E-state index in [1.165, 1.54) is 28.5 Å². The second-order valence-corrected chi connectivity index (χ2v) is 6.93. The number of nitrogens with one attached hydrogen (secondary N) is 1. The lowest BCUT2D eigenvalue weighted by molar-refractivity contribution is -0.154.